The van der Waals surface area contributed by atoms with Crippen LogP contribution in [0.2, 0.25) is 0 Å². The zero-order valence-electron chi connectivity index (χ0n) is 11.0. The quantitative estimate of drug-likeness (QED) is 0.921. The molecule has 0 bridgehead atoms. The lowest BCUT2D eigenvalue weighted by molar-refractivity contribution is -0.142. The standard InChI is InChI=1S/C14H19BrN2O2/c1-19-13(9-16)14(18)17-7-3-6-12(17)10-4-2-5-11(15)8-10/h2,4-5,8,12-13H,3,6-7,9,16H2,1H3. The van der Waals surface area contributed by atoms with Crippen LogP contribution in [0.25, 0.3) is 0 Å². The first kappa shape index (κ1) is 14.5. The van der Waals surface area contributed by atoms with Crippen molar-refractivity contribution in [2.24, 2.45) is 5.73 Å². The average molecular weight is 327 g/mol. The maximum atomic E-state index is 12.4. The fourth-order valence-corrected chi connectivity index (χ4v) is 2.99. The van der Waals surface area contributed by atoms with Gasteiger partial charge in [-0.05, 0) is 30.5 Å². The van der Waals surface area contributed by atoms with Gasteiger partial charge in [-0.1, -0.05) is 28.1 Å². The number of hydrogen-bond donors (Lipinski definition) is 1. The smallest absolute Gasteiger partial charge is 0.253 e. The van der Waals surface area contributed by atoms with E-state index in [1.165, 1.54) is 7.11 Å². The van der Waals surface area contributed by atoms with Crippen molar-refractivity contribution in [2.75, 3.05) is 20.2 Å². The molecule has 1 aromatic carbocycles. The van der Waals surface area contributed by atoms with Crippen molar-refractivity contribution in [3.8, 4) is 0 Å². The molecular formula is C14H19BrN2O2. The third kappa shape index (κ3) is 3.16. The molecule has 0 radical (unpaired) electrons. The molecular weight excluding hydrogens is 308 g/mol. The first-order valence-electron chi connectivity index (χ1n) is 6.46. The summed E-state index contributed by atoms with van der Waals surface area (Å²) in [5.41, 5.74) is 6.74. The van der Waals surface area contributed by atoms with Crippen LogP contribution in [0.15, 0.2) is 28.7 Å². The fourth-order valence-electron chi connectivity index (χ4n) is 2.57. The average Bonchev–Trinajstić information content (AvgIpc) is 2.89. The van der Waals surface area contributed by atoms with Gasteiger partial charge in [0.05, 0.1) is 6.04 Å². The van der Waals surface area contributed by atoms with E-state index >= 15 is 0 Å². The summed E-state index contributed by atoms with van der Waals surface area (Å²) in [5, 5.41) is 0. The van der Waals surface area contributed by atoms with Gasteiger partial charge in [-0.15, -0.1) is 0 Å². The van der Waals surface area contributed by atoms with Gasteiger partial charge in [-0.25, -0.2) is 0 Å². The van der Waals surface area contributed by atoms with E-state index in [9.17, 15) is 4.79 Å². The maximum Gasteiger partial charge on any atom is 0.253 e. The van der Waals surface area contributed by atoms with Crippen molar-refractivity contribution in [3.05, 3.63) is 34.3 Å². The lowest BCUT2D eigenvalue weighted by Crippen LogP contribution is -2.43. The Morgan fingerprint density at radius 3 is 3.05 bits per heavy atom. The van der Waals surface area contributed by atoms with Crippen LogP contribution in [0.3, 0.4) is 0 Å². The minimum Gasteiger partial charge on any atom is -0.370 e. The van der Waals surface area contributed by atoms with E-state index in [1.807, 2.05) is 17.0 Å². The molecule has 2 unspecified atom stereocenters. The van der Waals surface area contributed by atoms with E-state index in [4.69, 9.17) is 10.5 Å². The molecule has 2 atom stereocenters. The van der Waals surface area contributed by atoms with Gasteiger partial charge in [0.1, 0.15) is 6.10 Å². The molecule has 5 heteroatoms. The van der Waals surface area contributed by atoms with Gasteiger partial charge in [-0.3, -0.25) is 4.79 Å². The number of benzene rings is 1. The van der Waals surface area contributed by atoms with Crippen molar-refractivity contribution in [3.63, 3.8) is 0 Å². The normalized spacial score (nSPS) is 20.6. The molecule has 1 aliphatic heterocycles. The van der Waals surface area contributed by atoms with E-state index < -0.39 is 6.10 Å². The summed E-state index contributed by atoms with van der Waals surface area (Å²) in [5.74, 6) is -0.00697. The second kappa shape index (κ2) is 6.50. The Kier molecular flexibility index (Phi) is 4.96. The summed E-state index contributed by atoms with van der Waals surface area (Å²) in [6, 6.07) is 8.25. The van der Waals surface area contributed by atoms with Crippen LogP contribution in [0.4, 0.5) is 0 Å². The third-order valence-corrected chi connectivity index (χ3v) is 4.04. The Bertz CT molecular complexity index is 449. The van der Waals surface area contributed by atoms with Gasteiger partial charge in [0.15, 0.2) is 0 Å². The number of ether oxygens (including phenoxy) is 1. The number of carbonyl (C=O) groups excluding carboxylic acids is 1. The first-order chi connectivity index (χ1) is 9.17. The van der Waals surface area contributed by atoms with Crippen molar-refractivity contribution in [1.82, 2.24) is 4.90 Å². The molecule has 2 rings (SSSR count). The molecule has 4 nitrogen and oxygen atoms in total. The van der Waals surface area contributed by atoms with Crippen molar-refractivity contribution < 1.29 is 9.53 Å². The molecule has 1 aliphatic rings. The molecule has 0 spiro atoms. The Morgan fingerprint density at radius 1 is 1.63 bits per heavy atom. The predicted molar refractivity (Wildman–Crippen MR) is 77.7 cm³/mol. The molecule has 1 saturated heterocycles. The van der Waals surface area contributed by atoms with Gasteiger partial charge in [0.25, 0.3) is 5.91 Å². The van der Waals surface area contributed by atoms with E-state index in [2.05, 4.69) is 28.1 Å². The highest BCUT2D eigenvalue weighted by Crippen LogP contribution is 2.33. The lowest BCUT2D eigenvalue weighted by Gasteiger charge is -2.28. The Morgan fingerprint density at radius 2 is 2.42 bits per heavy atom. The number of nitrogens with zero attached hydrogens (tertiary/aromatic N) is 1. The summed E-state index contributed by atoms with van der Waals surface area (Å²) in [7, 11) is 1.53. The summed E-state index contributed by atoms with van der Waals surface area (Å²) >= 11 is 3.47. The minimum atomic E-state index is -0.534. The van der Waals surface area contributed by atoms with E-state index in [1.54, 1.807) is 0 Å². The number of likely N-dealkylation sites (tertiary alicyclic amines) is 1. The van der Waals surface area contributed by atoms with Crippen molar-refractivity contribution in [2.45, 2.75) is 25.0 Å². The van der Waals surface area contributed by atoms with Crippen LogP contribution >= 0.6 is 15.9 Å². The first-order valence-corrected chi connectivity index (χ1v) is 7.25. The van der Waals surface area contributed by atoms with Crippen LogP contribution in [0.1, 0.15) is 24.4 Å². The van der Waals surface area contributed by atoms with Crippen LogP contribution in [0.5, 0.6) is 0 Å². The van der Waals surface area contributed by atoms with Crippen LogP contribution < -0.4 is 5.73 Å². The van der Waals surface area contributed by atoms with E-state index in [0.717, 1.165) is 29.4 Å². The maximum absolute atomic E-state index is 12.4. The molecule has 104 valence electrons. The monoisotopic (exact) mass is 326 g/mol. The van der Waals surface area contributed by atoms with Crippen LogP contribution in [0, 0.1) is 0 Å². The van der Waals surface area contributed by atoms with Crippen LogP contribution in [-0.2, 0) is 9.53 Å². The molecule has 1 aromatic rings. The zero-order chi connectivity index (χ0) is 13.8. The molecule has 1 fully saturated rings. The highest BCUT2D eigenvalue weighted by atomic mass is 79.9. The number of rotatable bonds is 4. The number of halogens is 1. The topological polar surface area (TPSA) is 55.6 Å². The Labute approximate surface area is 122 Å². The number of methoxy groups -OCH3 is 1. The lowest BCUT2D eigenvalue weighted by atomic mass is 10.0. The fraction of sp³-hybridized carbons (Fsp3) is 0.500. The van der Waals surface area contributed by atoms with E-state index in [-0.39, 0.29) is 18.5 Å². The second-order valence-corrected chi connectivity index (χ2v) is 5.62. The summed E-state index contributed by atoms with van der Waals surface area (Å²) in [4.78, 5) is 14.3. The molecule has 0 aromatic heterocycles. The molecule has 19 heavy (non-hydrogen) atoms. The number of amides is 1. The third-order valence-electron chi connectivity index (χ3n) is 3.54. The number of nitrogens with two attached hydrogens (primary N) is 1. The van der Waals surface area contributed by atoms with Gasteiger partial charge >= 0.3 is 0 Å². The van der Waals surface area contributed by atoms with Crippen molar-refractivity contribution >= 4 is 21.8 Å². The predicted octanol–water partition coefficient (Wildman–Crippen LogP) is 2.09. The van der Waals surface area contributed by atoms with Crippen LogP contribution in [-0.4, -0.2) is 37.1 Å². The minimum absolute atomic E-state index is 0.00697. The highest BCUT2D eigenvalue weighted by molar-refractivity contribution is 9.10. The largest absolute Gasteiger partial charge is 0.370 e. The van der Waals surface area contributed by atoms with E-state index in [0.29, 0.717) is 0 Å². The molecule has 0 aliphatic carbocycles. The summed E-state index contributed by atoms with van der Waals surface area (Å²) in [6.45, 7) is 0.993. The second-order valence-electron chi connectivity index (χ2n) is 4.70. The van der Waals surface area contributed by atoms with Gasteiger partial charge in [0, 0.05) is 24.7 Å². The molecule has 1 heterocycles. The molecule has 2 N–H and O–H groups in total. The number of carbonyl (C=O) groups is 1. The zero-order valence-corrected chi connectivity index (χ0v) is 12.6. The Hall–Kier alpha value is -0.910. The summed E-state index contributed by atoms with van der Waals surface area (Å²) < 4.78 is 6.19. The van der Waals surface area contributed by atoms with Crippen molar-refractivity contribution in [1.29, 1.82) is 0 Å². The molecule has 0 saturated carbocycles. The number of hydrogen-bond acceptors (Lipinski definition) is 3. The highest BCUT2D eigenvalue weighted by Gasteiger charge is 2.33. The van der Waals surface area contributed by atoms with Gasteiger partial charge < -0.3 is 15.4 Å². The SMILES string of the molecule is COC(CN)C(=O)N1CCCC1c1cccc(Br)c1. The van der Waals surface area contributed by atoms with Gasteiger partial charge in [0.2, 0.25) is 0 Å². The van der Waals surface area contributed by atoms with Gasteiger partial charge in [-0.2, -0.15) is 0 Å². The summed E-state index contributed by atoms with van der Waals surface area (Å²) in [6.07, 6.45) is 1.47. The Balaban J connectivity index is 2.19. The molecule has 1 amide bonds.